The first-order valence-corrected chi connectivity index (χ1v) is 8.83. The van der Waals surface area contributed by atoms with Crippen molar-refractivity contribution < 1.29 is 4.39 Å². The molecule has 5 nitrogen and oxygen atoms in total. The zero-order chi connectivity index (χ0) is 17.5. The smallest absolute Gasteiger partial charge is 0.153 e. The van der Waals surface area contributed by atoms with Gasteiger partial charge in [0.2, 0.25) is 0 Å². The molecular formula is C20H18FN5. The molecule has 0 bridgehead atoms. The summed E-state index contributed by atoms with van der Waals surface area (Å²) in [5, 5.41) is 5.83. The summed E-state index contributed by atoms with van der Waals surface area (Å²) in [7, 11) is 0. The molecule has 1 aliphatic rings. The number of pyridine rings is 1. The minimum atomic E-state index is -0.763. The number of nitrogens with zero attached hydrogens (tertiary/aromatic N) is 5. The highest BCUT2D eigenvalue weighted by atomic mass is 19.1. The Morgan fingerprint density at radius 1 is 1.12 bits per heavy atom. The van der Waals surface area contributed by atoms with E-state index < -0.39 is 6.17 Å². The number of alkyl halides is 1. The van der Waals surface area contributed by atoms with Crippen LogP contribution >= 0.6 is 0 Å². The van der Waals surface area contributed by atoms with Crippen molar-refractivity contribution in [1.29, 1.82) is 0 Å². The lowest BCUT2D eigenvalue weighted by Crippen LogP contribution is -2.22. The Hall–Kier alpha value is -3.02. The Labute approximate surface area is 150 Å². The topological polar surface area (TPSA) is 46.3 Å². The van der Waals surface area contributed by atoms with Crippen LogP contribution in [0.25, 0.3) is 16.6 Å². The molecule has 0 amide bonds. The Balaban J connectivity index is 1.49. The average molecular weight is 347 g/mol. The van der Waals surface area contributed by atoms with Crippen molar-refractivity contribution in [3.05, 3.63) is 66.1 Å². The molecule has 3 aromatic heterocycles. The molecule has 4 heterocycles. The SMILES string of the molecule is FC1CCN(c2ccc3ncc(Cc4ccc5ncccc5c4)n3n2)C1. The van der Waals surface area contributed by atoms with Gasteiger partial charge in [-0.3, -0.25) is 4.98 Å². The van der Waals surface area contributed by atoms with Gasteiger partial charge in [-0.15, -0.1) is 5.10 Å². The lowest BCUT2D eigenvalue weighted by Gasteiger charge is -2.16. The average Bonchev–Trinajstić information content (AvgIpc) is 3.28. The van der Waals surface area contributed by atoms with E-state index in [1.165, 1.54) is 5.56 Å². The summed E-state index contributed by atoms with van der Waals surface area (Å²) in [4.78, 5) is 10.8. The molecule has 0 aliphatic carbocycles. The standard InChI is InChI=1S/C20H18FN5/c21-16-7-9-25(13-16)20-6-5-19-23-12-17(26(19)24-20)11-14-3-4-18-15(10-14)2-1-8-22-18/h1-6,8,10,12,16H,7,9,11,13H2. The van der Waals surface area contributed by atoms with Crippen LogP contribution in [0.1, 0.15) is 17.7 Å². The maximum Gasteiger partial charge on any atom is 0.153 e. The molecule has 0 radical (unpaired) electrons. The fraction of sp³-hybridized carbons (Fsp3) is 0.250. The third-order valence-corrected chi connectivity index (χ3v) is 4.93. The maximum atomic E-state index is 13.5. The number of rotatable bonds is 3. The first kappa shape index (κ1) is 15.3. The van der Waals surface area contributed by atoms with Gasteiger partial charge in [-0.2, -0.15) is 0 Å². The van der Waals surface area contributed by atoms with Crippen LogP contribution in [0, 0.1) is 0 Å². The van der Waals surface area contributed by atoms with Crippen molar-refractivity contribution in [2.24, 2.45) is 0 Å². The highest BCUT2D eigenvalue weighted by Gasteiger charge is 2.23. The molecule has 1 atom stereocenters. The van der Waals surface area contributed by atoms with Gasteiger partial charge in [0.1, 0.15) is 12.0 Å². The van der Waals surface area contributed by atoms with Gasteiger partial charge in [0.25, 0.3) is 0 Å². The van der Waals surface area contributed by atoms with Crippen LogP contribution in [-0.4, -0.2) is 38.8 Å². The second kappa shape index (κ2) is 6.05. The molecule has 0 spiro atoms. The molecule has 1 aliphatic heterocycles. The molecule has 0 saturated carbocycles. The highest BCUT2D eigenvalue weighted by Crippen LogP contribution is 2.22. The van der Waals surface area contributed by atoms with Gasteiger partial charge < -0.3 is 4.90 Å². The Bertz CT molecular complexity index is 1090. The molecule has 1 unspecified atom stereocenters. The number of anilines is 1. The number of hydrogen-bond donors (Lipinski definition) is 0. The van der Waals surface area contributed by atoms with Gasteiger partial charge >= 0.3 is 0 Å². The highest BCUT2D eigenvalue weighted by molar-refractivity contribution is 5.79. The number of benzene rings is 1. The number of hydrogen-bond acceptors (Lipinski definition) is 4. The summed E-state index contributed by atoms with van der Waals surface area (Å²) >= 11 is 0. The number of aromatic nitrogens is 4. The predicted molar refractivity (Wildman–Crippen MR) is 99.3 cm³/mol. The van der Waals surface area contributed by atoms with Gasteiger partial charge in [-0.25, -0.2) is 13.9 Å². The first-order valence-electron chi connectivity index (χ1n) is 8.83. The largest absolute Gasteiger partial charge is 0.352 e. The van der Waals surface area contributed by atoms with Crippen LogP contribution in [0.3, 0.4) is 0 Å². The molecule has 1 fully saturated rings. The van der Waals surface area contributed by atoms with E-state index in [9.17, 15) is 4.39 Å². The van der Waals surface area contributed by atoms with Crippen molar-refractivity contribution in [2.75, 3.05) is 18.0 Å². The molecule has 0 N–H and O–H groups in total. The van der Waals surface area contributed by atoms with Crippen LogP contribution in [0.15, 0.2) is 54.9 Å². The number of halogens is 1. The molecule has 1 aromatic carbocycles. The van der Waals surface area contributed by atoms with E-state index in [-0.39, 0.29) is 0 Å². The second-order valence-corrected chi connectivity index (χ2v) is 6.75. The van der Waals surface area contributed by atoms with E-state index in [0.29, 0.717) is 19.5 Å². The quantitative estimate of drug-likeness (QED) is 0.570. The summed E-state index contributed by atoms with van der Waals surface area (Å²) < 4.78 is 15.4. The number of fused-ring (bicyclic) bond motifs is 2. The Kier molecular flexibility index (Phi) is 3.55. The minimum absolute atomic E-state index is 0.417. The normalized spacial score (nSPS) is 17.4. The third-order valence-electron chi connectivity index (χ3n) is 4.93. The second-order valence-electron chi connectivity index (χ2n) is 6.75. The molecule has 1 saturated heterocycles. The van der Waals surface area contributed by atoms with E-state index in [2.05, 4.69) is 28.2 Å². The molecule has 26 heavy (non-hydrogen) atoms. The maximum absolute atomic E-state index is 13.5. The fourth-order valence-electron chi connectivity index (χ4n) is 3.57. The zero-order valence-corrected chi connectivity index (χ0v) is 14.2. The van der Waals surface area contributed by atoms with Crippen molar-refractivity contribution in [3.63, 3.8) is 0 Å². The van der Waals surface area contributed by atoms with Gasteiger partial charge in [-0.1, -0.05) is 12.1 Å². The Morgan fingerprint density at radius 2 is 2.08 bits per heavy atom. The molecule has 6 heteroatoms. The summed E-state index contributed by atoms with van der Waals surface area (Å²) in [5.74, 6) is 0.805. The molecular weight excluding hydrogens is 329 g/mol. The fourth-order valence-corrected chi connectivity index (χ4v) is 3.57. The van der Waals surface area contributed by atoms with Gasteiger partial charge in [0, 0.05) is 24.5 Å². The van der Waals surface area contributed by atoms with Crippen molar-refractivity contribution in [2.45, 2.75) is 19.0 Å². The molecule has 130 valence electrons. The van der Waals surface area contributed by atoms with Crippen LogP contribution in [0.2, 0.25) is 0 Å². The van der Waals surface area contributed by atoms with Crippen molar-refractivity contribution in [1.82, 2.24) is 19.6 Å². The van der Waals surface area contributed by atoms with Crippen LogP contribution in [0.5, 0.6) is 0 Å². The van der Waals surface area contributed by atoms with E-state index in [4.69, 9.17) is 5.10 Å². The summed E-state index contributed by atoms with van der Waals surface area (Å²) in [6.07, 6.45) is 4.20. The number of imidazole rings is 1. The van der Waals surface area contributed by atoms with Crippen LogP contribution < -0.4 is 4.90 Å². The zero-order valence-electron chi connectivity index (χ0n) is 14.2. The minimum Gasteiger partial charge on any atom is -0.352 e. The van der Waals surface area contributed by atoms with Gasteiger partial charge in [0.15, 0.2) is 5.65 Å². The first-order chi connectivity index (χ1) is 12.8. The summed E-state index contributed by atoms with van der Waals surface area (Å²) in [6, 6.07) is 14.2. The predicted octanol–water partition coefficient (Wildman–Crippen LogP) is 3.42. The third kappa shape index (κ3) is 2.67. The molecule has 5 rings (SSSR count). The van der Waals surface area contributed by atoms with E-state index in [1.54, 1.807) is 6.20 Å². The van der Waals surface area contributed by atoms with Crippen molar-refractivity contribution in [3.8, 4) is 0 Å². The monoisotopic (exact) mass is 347 g/mol. The summed E-state index contributed by atoms with van der Waals surface area (Å²) in [5.41, 5.74) is 4.00. The van der Waals surface area contributed by atoms with Crippen LogP contribution in [0.4, 0.5) is 10.2 Å². The lowest BCUT2D eigenvalue weighted by atomic mass is 10.1. The van der Waals surface area contributed by atoms with Gasteiger partial charge in [0.05, 0.1) is 24.0 Å². The van der Waals surface area contributed by atoms with Gasteiger partial charge in [-0.05, 0) is 42.3 Å². The Morgan fingerprint density at radius 3 is 2.96 bits per heavy atom. The van der Waals surface area contributed by atoms with Crippen molar-refractivity contribution >= 4 is 22.4 Å². The van der Waals surface area contributed by atoms with E-state index in [1.807, 2.05) is 39.9 Å². The van der Waals surface area contributed by atoms with Crippen LogP contribution in [-0.2, 0) is 6.42 Å². The van der Waals surface area contributed by atoms with E-state index >= 15 is 0 Å². The summed E-state index contributed by atoms with van der Waals surface area (Å²) in [6.45, 7) is 1.13. The van der Waals surface area contributed by atoms with E-state index in [0.717, 1.165) is 34.5 Å². The molecule has 4 aromatic rings. The lowest BCUT2D eigenvalue weighted by molar-refractivity contribution is 0.364.